The van der Waals surface area contributed by atoms with Crippen LogP contribution in [0.25, 0.3) is 0 Å². The lowest BCUT2D eigenvalue weighted by Gasteiger charge is -2.06. The second-order valence-electron chi connectivity index (χ2n) is 1.92. The van der Waals surface area contributed by atoms with Crippen LogP contribution >= 0.6 is 0 Å². The molecule has 0 aliphatic rings. The molecule has 0 saturated heterocycles. The fraction of sp³-hybridized carbons (Fsp3) is 0.800. The molecule has 0 bridgehead atoms. The fourth-order valence-electron chi connectivity index (χ4n) is 0.395. The van der Waals surface area contributed by atoms with Gasteiger partial charge in [-0.1, -0.05) is 13.8 Å². The van der Waals surface area contributed by atoms with E-state index in [0.29, 0.717) is 0 Å². The summed E-state index contributed by atoms with van der Waals surface area (Å²) in [5.74, 6) is -0.532. The molecule has 0 aliphatic heterocycles. The second kappa shape index (κ2) is 2.37. The van der Waals surface area contributed by atoms with E-state index in [-0.39, 0.29) is 0 Å². The van der Waals surface area contributed by atoms with Crippen LogP contribution in [0.5, 0.6) is 0 Å². The molecule has 0 N–H and O–H groups in total. The van der Waals surface area contributed by atoms with Crippen molar-refractivity contribution in [3.8, 4) is 0 Å². The summed E-state index contributed by atoms with van der Waals surface area (Å²) in [5, 5.41) is 0. The zero-order valence-corrected chi connectivity index (χ0v) is 4.63. The highest BCUT2D eigenvalue weighted by atomic mass is 19.4. The predicted octanol–water partition coefficient (Wildman–Crippen LogP) is 2.41. The summed E-state index contributed by atoms with van der Waals surface area (Å²) in [6.07, 6.45) is -4.83. The minimum Gasteiger partial charge on any atom is -0.171 e. The standard InChI is InChI=1S/C5H8F3/c1-4(2)3-5(6,7)8/h4H,1,3H2,2H3. The van der Waals surface area contributed by atoms with Crippen molar-refractivity contribution in [1.82, 2.24) is 0 Å². The molecule has 49 valence electrons. The first-order valence-corrected chi connectivity index (χ1v) is 2.31. The average molecular weight is 125 g/mol. The van der Waals surface area contributed by atoms with E-state index in [0.717, 1.165) is 0 Å². The smallest absolute Gasteiger partial charge is 0.171 e. The van der Waals surface area contributed by atoms with Gasteiger partial charge in [0.1, 0.15) is 0 Å². The van der Waals surface area contributed by atoms with Gasteiger partial charge in [-0.25, -0.2) is 0 Å². The third-order valence-corrected chi connectivity index (χ3v) is 0.580. The molecule has 8 heavy (non-hydrogen) atoms. The van der Waals surface area contributed by atoms with Crippen LogP contribution in [0.15, 0.2) is 0 Å². The van der Waals surface area contributed by atoms with Gasteiger partial charge in [-0.15, -0.1) is 0 Å². The Morgan fingerprint density at radius 3 is 1.88 bits per heavy atom. The van der Waals surface area contributed by atoms with Gasteiger partial charge in [-0.05, 0) is 5.92 Å². The van der Waals surface area contributed by atoms with Gasteiger partial charge in [0, 0.05) is 6.42 Å². The summed E-state index contributed by atoms with van der Waals surface area (Å²) in [6.45, 7) is 4.64. The monoisotopic (exact) mass is 125 g/mol. The topological polar surface area (TPSA) is 0 Å². The molecule has 1 radical (unpaired) electrons. The van der Waals surface area contributed by atoms with Crippen LogP contribution in [0, 0.1) is 12.8 Å². The molecule has 0 fully saturated rings. The van der Waals surface area contributed by atoms with Crippen LogP contribution < -0.4 is 0 Å². The molecule has 0 aliphatic carbocycles. The van der Waals surface area contributed by atoms with Crippen molar-refractivity contribution in [3.63, 3.8) is 0 Å². The predicted molar refractivity (Wildman–Crippen MR) is 25.2 cm³/mol. The minimum atomic E-state index is -4.04. The van der Waals surface area contributed by atoms with Gasteiger partial charge in [0.25, 0.3) is 0 Å². The molecule has 1 atom stereocenters. The van der Waals surface area contributed by atoms with E-state index in [1.165, 1.54) is 6.92 Å². The number of alkyl halides is 3. The summed E-state index contributed by atoms with van der Waals surface area (Å²) in [7, 11) is 0. The molecule has 0 aromatic carbocycles. The molecule has 0 saturated carbocycles. The van der Waals surface area contributed by atoms with Crippen molar-refractivity contribution < 1.29 is 13.2 Å². The molecule has 0 spiro atoms. The normalized spacial score (nSPS) is 12.8. The van der Waals surface area contributed by atoms with Crippen molar-refractivity contribution in [2.75, 3.05) is 0 Å². The second-order valence-corrected chi connectivity index (χ2v) is 1.92. The molecule has 0 rings (SSSR count). The van der Waals surface area contributed by atoms with Gasteiger partial charge in [0.15, 0.2) is 0 Å². The van der Waals surface area contributed by atoms with Gasteiger partial charge in [0.05, 0.1) is 0 Å². The van der Waals surface area contributed by atoms with E-state index >= 15 is 0 Å². The van der Waals surface area contributed by atoms with Gasteiger partial charge in [-0.3, -0.25) is 0 Å². The molecule has 3 heteroatoms. The van der Waals surface area contributed by atoms with Crippen molar-refractivity contribution in [1.29, 1.82) is 0 Å². The lowest BCUT2D eigenvalue weighted by molar-refractivity contribution is -0.140. The zero-order valence-electron chi connectivity index (χ0n) is 4.63. The van der Waals surface area contributed by atoms with Gasteiger partial charge >= 0.3 is 6.18 Å². The summed E-state index contributed by atoms with van der Waals surface area (Å²) in [5.41, 5.74) is 0. The van der Waals surface area contributed by atoms with E-state index < -0.39 is 18.5 Å². The van der Waals surface area contributed by atoms with Crippen molar-refractivity contribution in [2.24, 2.45) is 5.92 Å². The molecular formula is C5H8F3. The molecule has 0 heterocycles. The first kappa shape index (κ1) is 7.79. The first-order chi connectivity index (χ1) is 3.42. The quantitative estimate of drug-likeness (QED) is 0.504. The van der Waals surface area contributed by atoms with Crippen molar-refractivity contribution in [2.45, 2.75) is 19.5 Å². The van der Waals surface area contributed by atoms with E-state index in [4.69, 9.17) is 0 Å². The fourth-order valence-corrected chi connectivity index (χ4v) is 0.395. The van der Waals surface area contributed by atoms with Gasteiger partial charge < -0.3 is 0 Å². The van der Waals surface area contributed by atoms with E-state index in [2.05, 4.69) is 6.92 Å². The Morgan fingerprint density at radius 2 is 1.88 bits per heavy atom. The van der Waals surface area contributed by atoms with Crippen molar-refractivity contribution >= 4 is 0 Å². The van der Waals surface area contributed by atoms with Crippen LogP contribution in [0.3, 0.4) is 0 Å². The Hall–Kier alpha value is -0.210. The average Bonchev–Trinajstić information content (AvgIpc) is 1.21. The number of halogens is 3. The van der Waals surface area contributed by atoms with Gasteiger partial charge in [-0.2, -0.15) is 13.2 Å². The number of rotatable bonds is 1. The largest absolute Gasteiger partial charge is 0.389 e. The lowest BCUT2D eigenvalue weighted by atomic mass is 10.1. The Balaban J connectivity index is 3.39. The molecule has 0 amide bonds. The van der Waals surface area contributed by atoms with Crippen LogP contribution in [0.2, 0.25) is 0 Å². The third-order valence-electron chi connectivity index (χ3n) is 0.580. The Bertz CT molecular complexity index is 62.6. The highest BCUT2D eigenvalue weighted by Gasteiger charge is 2.27. The molecular weight excluding hydrogens is 117 g/mol. The summed E-state index contributed by atoms with van der Waals surface area (Å²) < 4.78 is 33.8. The molecule has 0 aromatic heterocycles. The van der Waals surface area contributed by atoms with Gasteiger partial charge in [0.2, 0.25) is 0 Å². The summed E-state index contributed by atoms with van der Waals surface area (Å²) in [6, 6.07) is 0. The number of hydrogen-bond donors (Lipinski definition) is 0. The lowest BCUT2D eigenvalue weighted by Crippen LogP contribution is -2.10. The highest BCUT2D eigenvalue weighted by Crippen LogP contribution is 2.23. The van der Waals surface area contributed by atoms with Crippen LogP contribution in [0.1, 0.15) is 13.3 Å². The van der Waals surface area contributed by atoms with E-state index in [1.54, 1.807) is 0 Å². The summed E-state index contributed by atoms with van der Waals surface area (Å²) in [4.78, 5) is 0. The van der Waals surface area contributed by atoms with Crippen LogP contribution in [-0.2, 0) is 0 Å². The highest BCUT2D eigenvalue weighted by molar-refractivity contribution is 4.59. The van der Waals surface area contributed by atoms with Crippen molar-refractivity contribution in [3.05, 3.63) is 6.92 Å². The van der Waals surface area contributed by atoms with E-state index in [1.807, 2.05) is 0 Å². The third kappa shape index (κ3) is 5.79. The molecule has 0 aromatic rings. The van der Waals surface area contributed by atoms with Crippen LogP contribution in [-0.4, -0.2) is 6.18 Å². The SMILES string of the molecule is [CH2]C(C)CC(F)(F)F. The van der Waals surface area contributed by atoms with E-state index in [9.17, 15) is 13.2 Å². The Labute approximate surface area is 46.7 Å². The zero-order chi connectivity index (χ0) is 6.78. The Kier molecular flexibility index (Phi) is 2.31. The molecule has 1 unspecified atom stereocenters. The Morgan fingerprint density at radius 1 is 1.50 bits per heavy atom. The summed E-state index contributed by atoms with van der Waals surface area (Å²) >= 11 is 0. The maximum Gasteiger partial charge on any atom is 0.389 e. The maximum atomic E-state index is 11.3. The molecule has 0 nitrogen and oxygen atoms in total. The maximum absolute atomic E-state index is 11.3. The minimum absolute atomic E-state index is 0.532. The number of hydrogen-bond acceptors (Lipinski definition) is 0. The van der Waals surface area contributed by atoms with Crippen LogP contribution in [0.4, 0.5) is 13.2 Å². The first-order valence-electron chi connectivity index (χ1n) is 2.31.